The molecule has 1 aliphatic heterocycles. The van der Waals surface area contributed by atoms with Gasteiger partial charge in [-0.3, -0.25) is 4.79 Å². The van der Waals surface area contributed by atoms with Crippen LogP contribution in [0, 0.1) is 6.92 Å². The van der Waals surface area contributed by atoms with Gasteiger partial charge < -0.3 is 10.2 Å². The number of nitrogens with zero attached hydrogens (tertiary/aromatic N) is 1. The van der Waals surface area contributed by atoms with Crippen molar-refractivity contribution in [3.63, 3.8) is 0 Å². The normalized spacial score (nSPS) is 13.6. The largest absolute Gasteiger partial charge is 0.384 e. The smallest absolute Gasteiger partial charge is 0.224 e. The zero-order valence-electron chi connectivity index (χ0n) is 13.3. The molecule has 0 fully saturated rings. The Morgan fingerprint density at radius 2 is 2.00 bits per heavy atom. The van der Waals surface area contributed by atoms with Crippen molar-refractivity contribution in [1.82, 2.24) is 4.90 Å². The fraction of sp³-hybridized carbons (Fsp3) is 0.316. The highest BCUT2D eigenvalue weighted by Crippen LogP contribution is 2.21. The van der Waals surface area contributed by atoms with E-state index in [1.54, 1.807) is 0 Å². The van der Waals surface area contributed by atoms with Crippen LogP contribution in [0.4, 0.5) is 5.69 Å². The number of fused-ring (bicyclic) bond motifs is 1. The number of carbonyl (C=O) groups excluding carboxylic acids is 1. The van der Waals surface area contributed by atoms with Gasteiger partial charge in [-0.25, -0.2) is 0 Å². The molecule has 0 bridgehead atoms. The van der Waals surface area contributed by atoms with Gasteiger partial charge in [0.1, 0.15) is 0 Å². The molecule has 1 amide bonds. The molecule has 1 heterocycles. The second-order valence-electron chi connectivity index (χ2n) is 5.97. The zero-order chi connectivity index (χ0) is 16.2. The Kier molecular flexibility index (Phi) is 4.87. The van der Waals surface area contributed by atoms with Gasteiger partial charge in [-0.15, -0.1) is 0 Å². The lowest BCUT2D eigenvalue weighted by Gasteiger charge is -2.29. The lowest BCUT2D eigenvalue weighted by molar-refractivity contribution is -0.131. The molecule has 0 aliphatic carbocycles. The molecular weight excluding hydrogens is 308 g/mol. The van der Waals surface area contributed by atoms with Gasteiger partial charge in [-0.05, 0) is 48.2 Å². The van der Waals surface area contributed by atoms with Gasteiger partial charge in [-0.1, -0.05) is 35.9 Å². The van der Waals surface area contributed by atoms with E-state index in [-0.39, 0.29) is 5.91 Å². The van der Waals surface area contributed by atoms with Crippen LogP contribution in [0.15, 0.2) is 42.5 Å². The molecule has 0 radical (unpaired) electrons. The molecule has 0 atom stereocenters. The van der Waals surface area contributed by atoms with Crippen molar-refractivity contribution in [3.8, 4) is 0 Å². The predicted molar refractivity (Wildman–Crippen MR) is 94.9 cm³/mol. The van der Waals surface area contributed by atoms with Crippen molar-refractivity contribution in [2.24, 2.45) is 0 Å². The van der Waals surface area contributed by atoms with E-state index in [1.807, 2.05) is 36.1 Å². The van der Waals surface area contributed by atoms with Gasteiger partial charge >= 0.3 is 0 Å². The molecular formula is C19H21ClN2O. The van der Waals surface area contributed by atoms with Crippen LogP contribution in [0.5, 0.6) is 0 Å². The van der Waals surface area contributed by atoms with Crippen molar-refractivity contribution >= 4 is 23.2 Å². The molecule has 1 N–H and O–H groups in total. The highest BCUT2D eigenvalue weighted by atomic mass is 35.5. The third-order valence-corrected chi connectivity index (χ3v) is 4.56. The van der Waals surface area contributed by atoms with Gasteiger partial charge in [0, 0.05) is 36.8 Å². The summed E-state index contributed by atoms with van der Waals surface area (Å²) in [7, 11) is 0. The first-order valence-electron chi connectivity index (χ1n) is 7.98. The molecule has 4 heteroatoms. The van der Waals surface area contributed by atoms with Crippen LogP contribution in [0.25, 0.3) is 0 Å². The maximum absolute atomic E-state index is 12.4. The van der Waals surface area contributed by atoms with Crippen LogP contribution in [0.2, 0.25) is 5.02 Å². The minimum atomic E-state index is 0.207. The Balaban J connectivity index is 1.52. The van der Waals surface area contributed by atoms with E-state index in [9.17, 15) is 4.79 Å². The van der Waals surface area contributed by atoms with Crippen LogP contribution in [-0.4, -0.2) is 23.9 Å². The number of benzene rings is 2. The molecule has 0 unspecified atom stereocenters. The molecule has 120 valence electrons. The SMILES string of the molecule is Cc1cc(Cl)ccc1NCCC(=O)N1CCc2ccccc2C1. The van der Waals surface area contributed by atoms with Gasteiger partial charge in [0.15, 0.2) is 0 Å². The summed E-state index contributed by atoms with van der Waals surface area (Å²) in [4.78, 5) is 14.4. The standard InChI is InChI=1S/C19H21ClN2O/c1-14-12-17(20)6-7-18(14)21-10-8-19(23)22-11-9-15-4-2-3-5-16(15)13-22/h2-7,12,21H,8-11,13H2,1H3. The lowest BCUT2D eigenvalue weighted by atomic mass is 10.00. The van der Waals surface area contributed by atoms with E-state index in [4.69, 9.17) is 11.6 Å². The van der Waals surface area contributed by atoms with Crippen LogP contribution < -0.4 is 5.32 Å². The van der Waals surface area contributed by atoms with Crippen molar-refractivity contribution in [2.75, 3.05) is 18.4 Å². The summed E-state index contributed by atoms with van der Waals surface area (Å²) in [5, 5.41) is 4.06. The topological polar surface area (TPSA) is 32.3 Å². The Morgan fingerprint density at radius 3 is 2.78 bits per heavy atom. The van der Waals surface area contributed by atoms with E-state index >= 15 is 0 Å². The quantitative estimate of drug-likeness (QED) is 0.918. The monoisotopic (exact) mass is 328 g/mol. The summed E-state index contributed by atoms with van der Waals surface area (Å²) >= 11 is 5.96. The van der Waals surface area contributed by atoms with E-state index in [1.165, 1.54) is 11.1 Å². The fourth-order valence-electron chi connectivity index (χ4n) is 3.00. The third kappa shape index (κ3) is 3.85. The summed E-state index contributed by atoms with van der Waals surface area (Å²) in [5.74, 6) is 0.207. The fourth-order valence-corrected chi connectivity index (χ4v) is 3.22. The van der Waals surface area contributed by atoms with Crippen molar-refractivity contribution in [3.05, 3.63) is 64.2 Å². The number of nitrogens with one attached hydrogen (secondary N) is 1. The van der Waals surface area contributed by atoms with Crippen molar-refractivity contribution < 1.29 is 4.79 Å². The maximum atomic E-state index is 12.4. The van der Waals surface area contributed by atoms with Gasteiger partial charge in [0.25, 0.3) is 0 Å². The average Bonchev–Trinajstić information content (AvgIpc) is 2.56. The molecule has 0 spiro atoms. The number of amides is 1. The van der Waals surface area contributed by atoms with E-state index in [2.05, 4.69) is 23.5 Å². The minimum absolute atomic E-state index is 0.207. The minimum Gasteiger partial charge on any atom is -0.384 e. The zero-order valence-corrected chi connectivity index (χ0v) is 14.1. The molecule has 0 saturated heterocycles. The average molecular weight is 329 g/mol. The summed E-state index contributed by atoms with van der Waals surface area (Å²) in [6.45, 7) is 4.20. The highest BCUT2D eigenvalue weighted by Gasteiger charge is 2.19. The summed E-state index contributed by atoms with van der Waals surface area (Å²) < 4.78 is 0. The van der Waals surface area contributed by atoms with Gasteiger partial charge in [0.05, 0.1) is 0 Å². The molecule has 2 aromatic carbocycles. The number of halogens is 1. The molecule has 0 aromatic heterocycles. The Labute approximate surface area is 142 Å². The van der Waals surface area contributed by atoms with Crippen molar-refractivity contribution in [1.29, 1.82) is 0 Å². The van der Waals surface area contributed by atoms with Gasteiger partial charge in [0.2, 0.25) is 5.91 Å². The number of hydrogen-bond acceptors (Lipinski definition) is 2. The molecule has 3 rings (SSSR count). The van der Waals surface area contributed by atoms with Crippen LogP contribution in [0.3, 0.4) is 0 Å². The maximum Gasteiger partial charge on any atom is 0.224 e. The third-order valence-electron chi connectivity index (χ3n) is 4.33. The van der Waals surface area contributed by atoms with Crippen LogP contribution in [0.1, 0.15) is 23.1 Å². The Bertz CT molecular complexity index is 714. The first-order chi connectivity index (χ1) is 11.1. The van der Waals surface area contributed by atoms with Gasteiger partial charge in [-0.2, -0.15) is 0 Å². The predicted octanol–water partition coefficient (Wildman–Crippen LogP) is 4.04. The number of anilines is 1. The van der Waals surface area contributed by atoms with E-state index in [0.29, 0.717) is 13.0 Å². The molecule has 0 saturated carbocycles. The summed E-state index contributed by atoms with van der Waals surface area (Å²) in [6.07, 6.45) is 1.45. The first-order valence-corrected chi connectivity index (χ1v) is 8.36. The van der Waals surface area contributed by atoms with Crippen LogP contribution in [-0.2, 0) is 17.8 Å². The number of carbonyl (C=O) groups is 1. The van der Waals surface area contributed by atoms with Crippen molar-refractivity contribution in [2.45, 2.75) is 26.3 Å². The Morgan fingerprint density at radius 1 is 1.22 bits per heavy atom. The van der Waals surface area contributed by atoms with E-state index in [0.717, 1.165) is 35.8 Å². The van der Waals surface area contributed by atoms with Crippen LogP contribution >= 0.6 is 11.6 Å². The summed E-state index contributed by atoms with van der Waals surface area (Å²) in [5.41, 5.74) is 4.77. The molecule has 1 aliphatic rings. The number of rotatable bonds is 4. The molecule has 3 nitrogen and oxygen atoms in total. The second-order valence-corrected chi connectivity index (χ2v) is 6.41. The summed E-state index contributed by atoms with van der Waals surface area (Å²) in [6, 6.07) is 14.1. The number of hydrogen-bond donors (Lipinski definition) is 1. The number of aryl methyl sites for hydroxylation is 1. The first kappa shape index (κ1) is 15.9. The molecule has 23 heavy (non-hydrogen) atoms. The lowest BCUT2D eigenvalue weighted by Crippen LogP contribution is -2.36. The highest BCUT2D eigenvalue weighted by molar-refractivity contribution is 6.30. The Hall–Kier alpha value is -2.00. The second kappa shape index (κ2) is 7.05. The van der Waals surface area contributed by atoms with E-state index < -0.39 is 0 Å². The molecule has 2 aromatic rings.